The van der Waals surface area contributed by atoms with Crippen LogP contribution >= 0.6 is 0 Å². The van der Waals surface area contributed by atoms with Gasteiger partial charge in [-0.25, -0.2) is 4.98 Å². The number of anilines is 2. The molecular weight excluding hydrogens is 452 g/mol. The number of hydrogen-bond acceptors (Lipinski definition) is 8. The summed E-state index contributed by atoms with van der Waals surface area (Å²) in [5, 5.41) is 26.2. The van der Waals surface area contributed by atoms with Gasteiger partial charge in [0.2, 0.25) is 11.5 Å². The third-order valence-electron chi connectivity index (χ3n) is 6.18. The summed E-state index contributed by atoms with van der Waals surface area (Å²) in [6, 6.07) is 9.03. The number of aliphatic hydroxyl groups is 1. The molecule has 3 heterocycles. The lowest BCUT2D eigenvalue weighted by molar-refractivity contribution is -0.155. The Labute approximate surface area is 202 Å². The lowest BCUT2D eigenvalue weighted by atomic mass is 9.88. The molecule has 1 aromatic carbocycles. The van der Waals surface area contributed by atoms with Crippen molar-refractivity contribution in [3.63, 3.8) is 0 Å². The molecule has 2 aromatic heterocycles. The number of carboxylic acid groups (broad SMARTS) is 1. The van der Waals surface area contributed by atoms with Crippen LogP contribution in [0.5, 0.6) is 0 Å². The molecule has 184 valence electrons. The average Bonchev–Trinajstić information content (AvgIpc) is 3.38. The Kier molecular flexibility index (Phi) is 6.77. The number of allylic oxidation sites excluding steroid dienone is 1. The number of aliphatic hydroxyl groups excluding tert-OH is 1. The summed E-state index contributed by atoms with van der Waals surface area (Å²) in [6.45, 7) is 3.89. The Bertz CT molecular complexity index is 1290. The predicted octanol–water partition coefficient (Wildman–Crippen LogP) is 2.76. The topological polar surface area (TPSA) is 146 Å². The Hall–Kier alpha value is -3.89. The largest absolute Gasteiger partial charge is 0.481 e. The molecule has 3 aromatic rings. The smallest absolute Gasteiger partial charge is 0.320 e. The van der Waals surface area contributed by atoms with Gasteiger partial charge in [0.25, 0.3) is 0 Å². The molecule has 35 heavy (non-hydrogen) atoms. The summed E-state index contributed by atoms with van der Waals surface area (Å²) in [5.74, 6) is -3.63. The number of Topliss-reactive ketones (excluding diaryl/α,β-unsaturated/α-hetero) is 1. The molecule has 1 aliphatic rings. The van der Waals surface area contributed by atoms with E-state index in [2.05, 4.69) is 20.6 Å². The van der Waals surface area contributed by atoms with Crippen molar-refractivity contribution in [2.24, 2.45) is 5.92 Å². The van der Waals surface area contributed by atoms with Gasteiger partial charge in [-0.05, 0) is 55.8 Å². The standard InChI is InChI=1S/C25H28N4O6/c1-14-11-17(26-9-10-30)6-7-19(14)29-25(15(2)34-3)21(24(32)33)22(31)20(35-25)12-16-13-28-23-18(16)5-4-8-27-23/h4-8,11-13,15,21,26,29-30H,9-10H2,1-3H3,(H,27,28)(H,32,33)/b20-12-. The number of nitrogens with zero attached hydrogens (tertiary/aromatic N) is 1. The van der Waals surface area contributed by atoms with Crippen LogP contribution in [-0.4, -0.2) is 64.0 Å². The Morgan fingerprint density at radius 1 is 1.40 bits per heavy atom. The zero-order chi connectivity index (χ0) is 25.2. The predicted molar refractivity (Wildman–Crippen MR) is 131 cm³/mol. The van der Waals surface area contributed by atoms with E-state index in [-0.39, 0.29) is 12.4 Å². The second-order valence-electron chi connectivity index (χ2n) is 8.37. The van der Waals surface area contributed by atoms with Crippen molar-refractivity contribution in [1.82, 2.24) is 9.97 Å². The lowest BCUT2D eigenvalue weighted by Crippen LogP contribution is -2.56. The fourth-order valence-electron chi connectivity index (χ4n) is 4.28. The number of hydrogen-bond donors (Lipinski definition) is 5. The fourth-order valence-corrected chi connectivity index (χ4v) is 4.28. The van der Waals surface area contributed by atoms with Gasteiger partial charge in [0.1, 0.15) is 11.8 Å². The van der Waals surface area contributed by atoms with Crippen LogP contribution in [0.3, 0.4) is 0 Å². The first kappa shape index (κ1) is 24.2. The van der Waals surface area contributed by atoms with Crippen LogP contribution in [0.25, 0.3) is 17.1 Å². The number of aromatic nitrogens is 2. The van der Waals surface area contributed by atoms with Gasteiger partial charge < -0.3 is 35.3 Å². The monoisotopic (exact) mass is 480 g/mol. The second kappa shape index (κ2) is 9.77. The summed E-state index contributed by atoms with van der Waals surface area (Å²) in [5.41, 5.74) is 1.76. The highest BCUT2D eigenvalue weighted by atomic mass is 16.6. The van der Waals surface area contributed by atoms with E-state index in [9.17, 15) is 14.7 Å². The zero-order valence-corrected chi connectivity index (χ0v) is 19.7. The van der Waals surface area contributed by atoms with E-state index in [4.69, 9.17) is 14.6 Å². The molecule has 4 rings (SSSR count). The van der Waals surface area contributed by atoms with Crippen molar-refractivity contribution < 1.29 is 29.3 Å². The van der Waals surface area contributed by atoms with E-state index < -0.39 is 29.5 Å². The summed E-state index contributed by atoms with van der Waals surface area (Å²) in [7, 11) is 1.43. The number of ether oxygens (including phenoxy) is 2. The third-order valence-corrected chi connectivity index (χ3v) is 6.18. The normalized spacial score (nSPS) is 21.8. The van der Waals surface area contributed by atoms with Crippen molar-refractivity contribution in [1.29, 1.82) is 0 Å². The first-order valence-electron chi connectivity index (χ1n) is 11.2. The number of aryl methyl sites for hydroxylation is 1. The van der Waals surface area contributed by atoms with Gasteiger partial charge in [0.15, 0.2) is 11.7 Å². The van der Waals surface area contributed by atoms with E-state index in [0.29, 0.717) is 23.4 Å². The summed E-state index contributed by atoms with van der Waals surface area (Å²) >= 11 is 0. The Morgan fingerprint density at radius 2 is 2.20 bits per heavy atom. The zero-order valence-electron chi connectivity index (χ0n) is 19.7. The molecule has 1 fully saturated rings. The number of rotatable bonds is 9. The van der Waals surface area contributed by atoms with Gasteiger partial charge in [0, 0.05) is 48.4 Å². The molecular formula is C25H28N4O6. The van der Waals surface area contributed by atoms with E-state index in [0.717, 1.165) is 16.6 Å². The molecule has 10 heteroatoms. The molecule has 5 N–H and O–H groups in total. The van der Waals surface area contributed by atoms with Crippen molar-refractivity contribution in [3.8, 4) is 0 Å². The average molecular weight is 481 g/mol. The van der Waals surface area contributed by atoms with Gasteiger partial charge in [-0.1, -0.05) is 0 Å². The second-order valence-corrected chi connectivity index (χ2v) is 8.37. The number of carboxylic acids is 1. The van der Waals surface area contributed by atoms with E-state index in [1.807, 2.05) is 19.1 Å². The molecule has 3 unspecified atom stereocenters. The maximum atomic E-state index is 13.4. The number of aliphatic carboxylic acids is 1. The fraction of sp³-hybridized carbons (Fsp3) is 0.320. The van der Waals surface area contributed by atoms with Crippen LogP contribution in [-0.2, 0) is 19.1 Å². The maximum Gasteiger partial charge on any atom is 0.320 e. The van der Waals surface area contributed by atoms with Crippen LogP contribution in [0, 0.1) is 12.8 Å². The highest BCUT2D eigenvalue weighted by Gasteiger charge is 2.61. The molecule has 0 aliphatic carbocycles. The molecule has 0 bridgehead atoms. The number of fused-ring (bicyclic) bond motifs is 1. The first-order chi connectivity index (χ1) is 16.8. The van der Waals surface area contributed by atoms with Crippen LogP contribution < -0.4 is 10.6 Å². The van der Waals surface area contributed by atoms with Gasteiger partial charge in [-0.2, -0.15) is 0 Å². The van der Waals surface area contributed by atoms with Crippen molar-refractivity contribution >= 4 is 40.2 Å². The number of benzene rings is 1. The van der Waals surface area contributed by atoms with Gasteiger partial charge >= 0.3 is 5.97 Å². The number of ketones is 1. The van der Waals surface area contributed by atoms with Crippen LogP contribution in [0.15, 0.2) is 48.5 Å². The van der Waals surface area contributed by atoms with Crippen molar-refractivity contribution in [2.75, 3.05) is 30.9 Å². The highest BCUT2D eigenvalue weighted by Crippen LogP contribution is 2.42. The van der Waals surface area contributed by atoms with E-state index in [1.54, 1.807) is 37.5 Å². The van der Waals surface area contributed by atoms with Crippen LogP contribution in [0.1, 0.15) is 18.1 Å². The SMILES string of the molecule is COC(C)C1(Nc2ccc(NCCO)cc2C)O/C(=C\c2c[nH]c3ncccc23)C(=O)C1C(=O)O. The molecule has 3 atom stereocenters. The summed E-state index contributed by atoms with van der Waals surface area (Å²) in [6.07, 6.45) is 4.05. The highest BCUT2D eigenvalue weighted by molar-refractivity contribution is 6.12. The molecule has 0 radical (unpaired) electrons. The van der Waals surface area contributed by atoms with Gasteiger partial charge in [-0.3, -0.25) is 9.59 Å². The Balaban J connectivity index is 1.76. The number of methoxy groups -OCH3 is 1. The molecule has 1 aliphatic heterocycles. The van der Waals surface area contributed by atoms with Crippen molar-refractivity contribution in [3.05, 3.63) is 59.6 Å². The first-order valence-corrected chi connectivity index (χ1v) is 11.2. The molecule has 0 amide bonds. The minimum absolute atomic E-state index is 0.00857. The van der Waals surface area contributed by atoms with Crippen LogP contribution in [0.4, 0.5) is 11.4 Å². The quantitative estimate of drug-likeness (QED) is 0.230. The minimum atomic E-state index is -1.70. The van der Waals surface area contributed by atoms with E-state index >= 15 is 0 Å². The van der Waals surface area contributed by atoms with Crippen LogP contribution in [0.2, 0.25) is 0 Å². The number of nitrogens with one attached hydrogen (secondary N) is 3. The lowest BCUT2D eigenvalue weighted by Gasteiger charge is -2.37. The number of H-pyrrole nitrogens is 1. The number of pyridine rings is 1. The summed E-state index contributed by atoms with van der Waals surface area (Å²) < 4.78 is 11.7. The third kappa shape index (κ3) is 4.45. The minimum Gasteiger partial charge on any atom is -0.481 e. The van der Waals surface area contributed by atoms with Crippen molar-refractivity contribution in [2.45, 2.75) is 25.7 Å². The number of carbonyl (C=O) groups excluding carboxylic acids is 1. The molecule has 0 saturated carbocycles. The summed E-state index contributed by atoms with van der Waals surface area (Å²) in [4.78, 5) is 33.0. The molecule has 0 spiro atoms. The number of carbonyl (C=O) groups is 2. The van der Waals surface area contributed by atoms with Gasteiger partial charge in [-0.15, -0.1) is 0 Å². The van der Waals surface area contributed by atoms with Gasteiger partial charge in [0.05, 0.1) is 6.61 Å². The Morgan fingerprint density at radius 3 is 2.89 bits per heavy atom. The molecule has 1 saturated heterocycles. The number of aromatic amines is 1. The maximum absolute atomic E-state index is 13.4. The van der Waals surface area contributed by atoms with E-state index in [1.165, 1.54) is 13.2 Å². The molecule has 10 nitrogen and oxygen atoms in total.